The maximum Gasteiger partial charge on any atom is 0.124 e. The van der Waals surface area contributed by atoms with Gasteiger partial charge in [0.05, 0.1) is 7.11 Å². The Morgan fingerprint density at radius 1 is 0.947 bits per heavy atom. The summed E-state index contributed by atoms with van der Waals surface area (Å²) < 4.78 is 5.65. The highest BCUT2D eigenvalue weighted by molar-refractivity contribution is 5.47. The Morgan fingerprint density at radius 2 is 1.58 bits per heavy atom. The summed E-state index contributed by atoms with van der Waals surface area (Å²) in [6.45, 7) is 0. The van der Waals surface area contributed by atoms with E-state index in [1.54, 1.807) is 7.11 Å². The van der Waals surface area contributed by atoms with Crippen LogP contribution in [-0.2, 0) is 18.4 Å². The summed E-state index contributed by atoms with van der Waals surface area (Å²) in [5.74, 6) is 1.02. The van der Waals surface area contributed by atoms with E-state index in [1.165, 1.54) is 61.6 Å². The van der Waals surface area contributed by atoms with Crippen LogP contribution in [0.15, 0.2) is 12.1 Å². The number of rotatable bonds is 2. The summed E-state index contributed by atoms with van der Waals surface area (Å²) >= 11 is 0. The zero-order valence-electron chi connectivity index (χ0n) is 12.0. The normalized spacial score (nSPS) is 21.8. The molecule has 1 aromatic rings. The van der Waals surface area contributed by atoms with E-state index in [0.29, 0.717) is 0 Å². The van der Waals surface area contributed by atoms with E-state index in [1.807, 2.05) is 0 Å². The van der Waals surface area contributed by atoms with Gasteiger partial charge in [0.15, 0.2) is 0 Å². The lowest BCUT2D eigenvalue weighted by Gasteiger charge is -2.36. The first-order valence-corrected chi connectivity index (χ1v) is 7.72. The molecule has 2 nitrogen and oxygen atoms in total. The average molecular weight is 259 g/mol. The highest BCUT2D eigenvalue weighted by Gasteiger charge is 2.33. The molecule has 1 saturated carbocycles. The molecule has 0 unspecified atom stereocenters. The van der Waals surface area contributed by atoms with E-state index < -0.39 is 0 Å². The lowest BCUT2D eigenvalue weighted by Crippen LogP contribution is -2.39. The first kappa shape index (κ1) is 13.0. The maximum absolute atomic E-state index is 6.71. The van der Waals surface area contributed by atoms with E-state index in [-0.39, 0.29) is 5.54 Å². The molecule has 104 valence electrons. The van der Waals surface area contributed by atoms with Crippen molar-refractivity contribution >= 4 is 0 Å². The Hall–Kier alpha value is -1.02. The number of methoxy groups -OCH3 is 1. The van der Waals surface area contributed by atoms with Gasteiger partial charge >= 0.3 is 0 Å². The van der Waals surface area contributed by atoms with E-state index in [9.17, 15) is 0 Å². The van der Waals surface area contributed by atoms with Gasteiger partial charge in [-0.1, -0.05) is 19.3 Å². The number of fused-ring (bicyclic) bond motifs is 1. The molecule has 19 heavy (non-hydrogen) atoms. The first-order valence-electron chi connectivity index (χ1n) is 7.72. The number of nitrogens with two attached hydrogens (primary N) is 1. The summed E-state index contributed by atoms with van der Waals surface area (Å²) in [4.78, 5) is 0. The van der Waals surface area contributed by atoms with Gasteiger partial charge in [-0.25, -0.2) is 0 Å². The van der Waals surface area contributed by atoms with Crippen molar-refractivity contribution in [1.82, 2.24) is 0 Å². The minimum atomic E-state index is -0.157. The quantitative estimate of drug-likeness (QED) is 0.879. The zero-order chi connectivity index (χ0) is 13.3. The summed E-state index contributed by atoms with van der Waals surface area (Å²) in [7, 11) is 1.78. The van der Waals surface area contributed by atoms with E-state index >= 15 is 0 Å². The minimum Gasteiger partial charge on any atom is -0.496 e. The number of aryl methyl sites for hydroxylation is 2. The third kappa shape index (κ3) is 2.38. The average Bonchev–Trinajstić information content (AvgIpc) is 2.46. The van der Waals surface area contributed by atoms with Gasteiger partial charge in [-0.15, -0.1) is 0 Å². The summed E-state index contributed by atoms with van der Waals surface area (Å²) in [5.41, 5.74) is 10.8. The Labute approximate surface area is 116 Å². The highest BCUT2D eigenvalue weighted by atomic mass is 16.5. The summed E-state index contributed by atoms with van der Waals surface area (Å²) in [5, 5.41) is 0. The Kier molecular flexibility index (Phi) is 3.53. The van der Waals surface area contributed by atoms with Crippen LogP contribution >= 0.6 is 0 Å². The molecule has 0 heterocycles. The van der Waals surface area contributed by atoms with Gasteiger partial charge in [0.25, 0.3) is 0 Å². The lowest BCUT2D eigenvalue weighted by molar-refractivity contribution is 0.288. The molecule has 0 atom stereocenters. The Bertz CT molecular complexity index is 461. The van der Waals surface area contributed by atoms with Crippen LogP contribution in [0.4, 0.5) is 0 Å². The van der Waals surface area contributed by atoms with Gasteiger partial charge in [0, 0.05) is 11.1 Å². The molecule has 3 rings (SSSR count). The van der Waals surface area contributed by atoms with Crippen molar-refractivity contribution in [3.63, 3.8) is 0 Å². The standard InChI is InChI=1S/C17H25NO/c1-19-16-12-14-8-4-3-7-13(14)11-15(16)17(18)9-5-2-6-10-17/h11-12H,2-10,18H2,1H3. The van der Waals surface area contributed by atoms with Gasteiger partial charge in [0.2, 0.25) is 0 Å². The van der Waals surface area contributed by atoms with Gasteiger partial charge in [-0.2, -0.15) is 0 Å². The van der Waals surface area contributed by atoms with Crippen molar-refractivity contribution in [3.05, 3.63) is 28.8 Å². The van der Waals surface area contributed by atoms with E-state index in [4.69, 9.17) is 10.5 Å². The molecule has 0 aliphatic heterocycles. The fourth-order valence-corrected chi connectivity index (χ4v) is 3.77. The SMILES string of the molecule is COc1cc2c(cc1C1(N)CCCCC1)CCCC2. The van der Waals surface area contributed by atoms with Crippen LogP contribution in [0.3, 0.4) is 0 Å². The van der Waals surface area contributed by atoms with Crippen LogP contribution < -0.4 is 10.5 Å². The van der Waals surface area contributed by atoms with Crippen LogP contribution in [0.25, 0.3) is 0 Å². The molecule has 2 heteroatoms. The molecule has 2 N–H and O–H groups in total. The number of hydrogen-bond donors (Lipinski definition) is 1. The molecule has 1 fully saturated rings. The smallest absolute Gasteiger partial charge is 0.124 e. The lowest BCUT2D eigenvalue weighted by atomic mass is 9.75. The molecule has 0 amide bonds. The second-order valence-corrected chi connectivity index (χ2v) is 6.25. The molecule has 0 spiro atoms. The third-order valence-electron chi connectivity index (χ3n) is 4.95. The summed E-state index contributed by atoms with van der Waals surface area (Å²) in [6.07, 6.45) is 11.1. The van der Waals surface area contributed by atoms with Crippen LogP contribution in [0.1, 0.15) is 61.6 Å². The van der Waals surface area contributed by atoms with Crippen LogP contribution in [-0.4, -0.2) is 7.11 Å². The summed E-state index contributed by atoms with van der Waals surface area (Å²) in [6, 6.07) is 4.62. The molecular formula is C17H25NO. The van der Waals surface area contributed by atoms with Gasteiger partial charge in [-0.05, 0) is 61.8 Å². The predicted molar refractivity (Wildman–Crippen MR) is 78.6 cm³/mol. The Balaban J connectivity index is 2.03. The minimum absolute atomic E-state index is 0.157. The monoisotopic (exact) mass is 259 g/mol. The second kappa shape index (κ2) is 5.16. The third-order valence-corrected chi connectivity index (χ3v) is 4.95. The van der Waals surface area contributed by atoms with Crippen molar-refractivity contribution in [2.24, 2.45) is 5.73 Å². The first-order chi connectivity index (χ1) is 9.23. The molecule has 1 aromatic carbocycles. The van der Waals surface area contributed by atoms with Gasteiger partial charge in [0.1, 0.15) is 5.75 Å². The van der Waals surface area contributed by atoms with Crippen molar-refractivity contribution in [1.29, 1.82) is 0 Å². The largest absolute Gasteiger partial charge is 0.496 e. The molecule has 2 aliphatic carbocycles. The molecule has 0 saturated heterocycles. The molecule has 0 bridgehead atoms. The number of hydrogen-bond acceptors (Lipinski definition) is 2. The van der Waals surface area contributed by atoms with Gasteiger partial charge in [-0.3, -0.25) is 0 Å². The van der Waals surface area contributed by atoms with Gasteiger partial charge < -0.3 is 10.5 Å². The van der Waals surface area contributed by atoms with Crippen molar-refractivity contribution in [3.8, 4) is 5.75 Å². The molecule has 2 aliphatic rings. The van der Waals surface area contributed by atoms with Crippen LogP contribution in [0, 0.1) is 0 Å². The van der Waals surface area contributed by atoms with E-state index in [0.717, 1.165) is 18.6 Å². The fraction of sp³-hybridized carbons (Fsp3) is 0.647. The predicted octanol–water partition coefficient (Wildman–Crippen LogP) is 3.69. The maximum atomic E-state index is 6.71. The molecule has 0 radical (unpaired) electrons. The molecular weight excluding hydrogens is 234 g/mol. The van der Waals surface area contributed by atoms with Crippen molar-refractivity contribution in [2.75, 3.05) is 7.11 Å². The number of ether oxygens (including phenoxy) is 1. The van der Waals surface area contributed by atoms with Crippen LogP contribution in [0.5, 0.6) is 5.75 Å². The topological polar surface area (TPSA) is 35.2 Å². The number of benzene rings is 1. The molecule has 0 aromatic heterocycles. The second-order valence-electron chi connectivity index (χ2n) is 6.25. The van der Waals surface area contributed by atoms with E-state index in [2.05, 4.69) is 12.1 Å². The Morgan fingerprint density at radius 3 is 2.21 bits per heavy atom. The van der Waals surface area contributed by atoms with Crippen molar-refractivity contribution in [2.45, 2.75) is 63.3 Å². The van der Waals surface area contributed by atoms with Crippen LogP contribution in [0.2, 0.25) is 0 Å². The highest BCUT2D eigenvalue weighted by Crippen LogP contribution is 2.41. The van der Waals surface area contributed by atoms with Crippen molar-refractivity contribution < 1.29 is 4.74 Å². The fourth-order valence-electron chi connectivity index (χ4n) is 3.77. The zero-order valence-corrected chi connectivity index (χ0v) is 12.0.